The van der Waals surface area contributed by atoms with Gasteiger partial charge in [-0.1, -0.05) is 53.0 Å². The Hall–Kier alpha value is -3.71. The minimum atomic E-state index is -1.26. The van der Waals surface area contributed by atoms with Gasteiger partial charge in [0.1, 0.15) is 16.9 Å². The molecule has 0 unspecified atom stereocenters. The molecule has 1 fully saturated rings. The normalized spacial score (nSPS) is 21.8. The number of anilines is 2. The molecule has 4 N–H and O–H groups in total. The van der Waals surface area contributed by atoms with Gasteiger partial charge >= 0.3 is 0 Å². The van der Waals surface area contributed by atoms with Crippen LogP contribution < -0.4 is 21.1 Å². The van der Waals surface area contributed by atoms with Crippen LogP contribution in [0.5, 0.6) is 11.5 Å². The van der Waals surface area contributed by atoms with Crippen molar-refractivity contribution in [2.24, 2.45) is 0 Å². The van der Waals surface area contributed by atoms with Gasteiger partial charge in [0, 0.05) is 44.3 Å². The number of benzene rings is 4. The maximum Gasteiger partial charge on any atom is 0.238 e. The number of hydrogen-bond acceptors (Lipinski definition) is 4. The molecule has 9 heteroatoms. The number of amides is 2. The monoisotopic (exact) mass is 577 g/mol. The third kappa shape index (κ3) is 4.39. The average Bonchev–Trinajstić information content (AvgIpc) is 3.18. The summed E-state index contributed by atoms with van der Waals surface area (Å²) in [5, 5.41) is 7.55. The van der Waals surface area contributed by atoms with Gasteiger partial charge in [-0.05, 0) is 77.9 Å². The third-order valence-corrected chi connectivity index (χ3v) is 8.10. The number of nitrogens with two attached hydrogens (primary N) is 1. The largest absolute Gasteiger partial charge is 0.457 e. The first kappa shape index (κ1) is 25.6. The summed E-state index contributed by atoms with van der Waals surface area (Å²) in [6, 6.07) is 23.8. The van der Waals surface area contributed by atoms with Gasteiger partial charge in [-0.3, -0.25) is 9.59 Å². The van der Waals surface area contributed by atoms with E-state index in [0.29, 0.717) is 49.1 Å². The molecule has 0 radical (unpaired) electrons. The number of fused-ring (bicyclic) bond motifs is 2. The highest BCUT2D eigenvalue weighted by Crippen LogP contribution is 2.58. The molecular formula is C30H22Cl3N3O3. The number of carbonyl (C=O) groups excluding carboxylic acids is 2. The maximum atomic E-state index is 14.2. The van der Waals surface area contributed by atoms with Gasteiger partial charge in [-0.15, -0.1) is 0 Å². The summed E-state index contributed by atoms with van der Waals surface area (Å²) in [6.45, 7) is 0. The fraction of sp³-hybridized carbons (Fsp3) is 0.133. The lowest BCUT2D eigenvalue weighted by Crippen LogP contribution is -2.56. The lowest BCUT2D eigenvalue weighted by atomic mass is 9.59. The van der Waals surface area contributed by atoms with Crippen LogP contribution >= 0.6 is 34.8 Å². The molecule has 196 valence electrons. The Morgan fingerprint density at radius 3 is 2.33 bits per heavy atom. The molecule has 2 aliphatic heterocycles. The first-order valence-corrected chi connectivity index (χ1v) is 13.4. The molecule has 3 atom stereocenters. The predicted octanol–water partition coefficient (Wildman–Crippen LogP) is 7.26. The second-order valence-corrected chi connectivity index (χ2v) is 11.0. The first-order chi connectivity index (χ1) is 18.8. The van der Waals surface area contributed by atoms with Crippen molar-refractivity contribution in [3.63, 3.8) is 0 Å². The van der Waals surface area contributed by atoms with E-state index in [1.165, 1.54) is 0 Å². The lowest BCUT2D eigenvalue weighted by Gasteiger charge is -2.46. The number of nitrogens with one attached hydrogen (secondary N) is 2. The highest BCUT2D eigenvalue weighted by Gasteiger charge is 2.61. The fourth-order valence-electron chi connectivity index (χ4n) is 5.77. The van der Waals surface area contributed by atoms with E-state index in [2.05, 4.69) is 10.6 Å². The van der Waals surface area contributed by atoms with E-state index < -0.39 is 17.4 Å². The SMILES string of the molecule is Nc1ccc(Oc2ccc(Cl)cc2[C@H]2NC(=O)C[C@@H](c3cccc(Cl)c3)[C@]23C(=O)Nc2cc(Cl)ccc23)cc1. The summed E-state index contributed by atoms with van der Waals surface area (Å²) in [7, 11) is 0. The molecule has 2 heterocycles. The molecule has 39 heavy (non-hydrogen) atoms. The molecule has 2 amide bonds. The third-order valence-electron chi connectivity index (χ3n) is 7.39. The van der Waals surface area contributed by atoms with Crippen LogP contribution in [-0.2, 0) is 15.0 Å². The number of hydrogen-bond donors (Lipinski definition) is 3. The number of carbonyl (C=O) groups is 2. The quantitative estimate of drug-likeness (QED) is 0.222. The molecule has 1 spiro atoms. The Bertz CT molecular complexity index is 1630. The molecule has 0 bridgehead atoms. The first-order valence-electron chi connectivity index (χ1n) is 12.2. The van der Waals surface area contributed by atoms with E-state index >= 15 is 0 Å². The molecule has 2 aliphatic rings. The van der Waals surface area contributed by atoms with Crippen molar-refractivity contribution in [2.75, 3.05) is 11.1 Å². The zero-order valence-electron chi connectivity index (χ0n) is 20.4. The Labute approximate surface area is 240 Å². The fourth-order valence-corrected chi connectivity index (χ4v) is 6.32. The van der Waals surface area contributed by atoms with Crippen molar-refractivity contribution in [2.45, 2.75) is 23.8 Å². The summed E-state index contributed by atoms with van der Waals surface area (Å²) >= 11 is 19.2. The molecule has 6 nitrogen and oxygen atoms in total. The van der Waals surface area contributed by atoms with Crippen LogP contribution in [0.15, 0.2) is 84.9 Å². The second-order valence-electron chi connectivity index (χ2n) is 9.68. The van der Waals surface area contributed by atoms with Crippen LogP contribution in [0.4, 0.5) is 11.4 Å². The van der Waals surface area contributed by atoms with Crippen LogP contribution in [-0.4, -0.2) is 11.8 Å². The van der Waals surface area contributed by atoms with Crippen LogP contribution in [0.2, 0.25) is 15.1 Å². The van der Waals surface area contributed by atoms with Gasteiger partial charge in [-0.2, -0.15) is 0 Å². The summed E-state index contributed by atoms with van der Waals surface area (Å²) in [5.41, 5.74) is 7.80. The smallest absolute Gasteiger partial charge is 0.238 e. The standard InChI is InChI=1S/C30H22Cl3N3O3/c31-17-3-1-2-16(12-17)24-15-27(37)36-28(30(24)23-10-4-19(33)14-25(23)35-29(30)38)22-13-18(32)5-11-26(22)39-21-8-6-20(34)7-9-21/h1-14,24,28H,15,34H2,(H,35,38)(H,36,37)/t24-,28+,30-/m0/s1. The van der Waals surface area contributed by atoms with Gasteiger partial charge in [0.05, 0.1) is 6.04 Å². The molecular weight excluding hydrogens is 557 g/mol. The van der Waals surface area contributed by atoms with E-state index in [0.717, 1.165) is 5.56 Å². The van der Waals surface area contributed by atoms with Crippen molar-refractivity contribution < 1.29 is 14.3 Å². The molecule has 4 aromatic rings. The highest BCUT2D eigenvalue weighted by molar-refractivity contribution is 6.31. The Morgan fingerprint density at radius 2 is 1.56 bits per heavy atom. The van der Waals surface area contributed by atoms with Gasteiger partial charge in [0.2, 0.25) is 11.8 Å². The Balaban J connectivity index is 1.60. The lowest BCUT2D eigenvalue weighted by molar-refractivity contribution is -0.131. The summed E-state index contributed by atoms with van der Waals surface area (Å²) in [5.74, 6) is -0.0627. The van der Waals surface area contributed by atoms with Gasteiger partial charge < -0.3 is 21.1 Å². The molecule has 0 saturated carbocycles. The van der Waals surface area contributed by atoms with Crippen molar-refractivity contribution in [1.82, 2.24) is 5.32 Å². The van der Waals surface area contributed by atoms with Crippen molar-refractivity contribution in [1.29, 1.82) is 0 Å². The van der Waals surface area contributed by atoms with Gasteiger partial charge in [0.15, 0.2) is 0 Å². The summed E-state index contributed by atoms with van der Waals surface area (Å²) in [4.78, 5) is 27.6. The zero-order valence-corrected chi connectivity index (χ0v) is 22.6. The van der Waals surface area contributed by atoms with E-state index in [1.54, 1.807) is 66.7 Å². The van der Waals surface area contributed by atoms with E-state index in [4.69, 9.17) is 45.3 Å². The molecule has 1 saturated heterocycles. The number of ether oxygens (including phenoxy) is 1. The minimum Gasteiger partial charge on any atom is -0.457 e. The second kappa shape index (κ2) is 9.79. The van der Waals surface area contributed by atoms with Crippen LogP contribution in [0.1, 0.15) is 35.1 Å². The topological polar surface area (TPSA) is 93.4 Å². The molecule has 0 aromatic heterocycles. The van der Waals surface area contributed by atoms with Crippen LogP contribution in [0, 0.1) is 0 Å². The van der Waals surface area contributed by atoms with Crippen molar-refractivity contribution >= 4 is 58.0 Å². The number of nitrogen functional groups attached to an aromatic ring is 1. The highest BCUT2D eigenvalue weighted by atomic mass is 35.5. The molecule has 0 aliphatic carbocycles. The Morgan fingerprint density at radius 1 is 0.846 bits per heavy atom. The van der Waals surface area contributed by atoms with Crippen molar-refractivity contribution in [3.05, 3.63) is 117 Å². The van der Waals surface area contributed by atoms with Crippen LogP contribution in [0.3, 0.4) is 0 Å². The Kier molecular flexibility index (Phi) is 6.42. The molecule has 6 rings (SSSR count). The predicted molar refractivity (Wildman–Crippen MR) is 154 cm³/mol. The minimum absolute atomic E-state index is 0.0705. The van der Waals surface area contributed by atoms with Crippen LogP contribution in [0.25, 0.3) is 0 Å². The molecule has 4 aromatic carbocycles. The van der Waals surface area contributed by atoms with Crippen molar-refractivity contribution in [3.8, 4) is 11.5 Å². The zero-order chi connectivity index (χ0) is 27.3. The number of halogens is 3. The maximum absolute atomic E-state index is 14.2. The van der Waals surface area contributed by atoms with E-state index in [9.17, 15) is 9.59 Å². The van der Waals surface area contributed by atoms with Gasteiger partial charge in [0.25, 0.3) is 0 Å². The van der Waals surface area contributed by atoms with E-state index in [1.807, 2.05) is 18.2 Å². The number of rotatable bonds is 4. The summed E-state index contributed by atoms with van der Waals surface area (Å²) < 4.78 is 6.27. The van der Waals surface area contributed by atoms with Gasteiger partial charge in [-0.25, -0.2) is 0 Å². The average molecular weight is 579 g/mol. The van der Waals surface area contributed by atoms with E-state index in [-0.39, 0.29) is 18.2 Å². The summed E-state index contributed by atoms with van der Waals surface area (Å²) in [6.07, 6.45) is 0.0705. The number of piperidine rings is 1.